The third-order valence-corrected chi connectivity index (χ3v) is 4.44. The number of rotatable bonds is 2. The molecule has 1 saturated heterocycles. The molecule has 0 amide bonds. The molecule has 1 unspecified atom stereocenters. The Kier molecular flexibility index (Phi) is 3.93. The van der Waals surface area contributed by atoms with Crippen LogP contribution in [0.5, 0.6) is 0 Å². The maximum atomic E-state index is 4.41. The van der Waals surface area contributed by atoms with Crippen molar-refractivity contribution in [1.82, 2.24) is 20.1 Å². The predicted octanol–water partition coefficient (Wildman–Crippen LogP) is 2.99. The zero-order valence-corrected chi connectivity index (χ0v) is 11.1. The van der Waals surface area contributed by atoms with Crippen LogP contribution in [-0.4, -0.2) is 21.3 Å². The molecule has 4 heteroatoms. The molecule has 1 aliphatic heterocycles. The summed E-state index contributed by atoms with van der Waals surface area (Å²) in [7, 11) is 0. The molecule has 0 radical (unpaired) electrons. The van der Waals surface area contributed by atoms with E-state index in [1.54, 1.807) is 0 Å². The van der Waals surface area contributed by atoms with Gasteiger partial charge in [-0.2, -0.15) is 0 Å². The van der Waals surface area contributed by atoms with E-state index < -0.39 is 0 Å². The Balaban J connectivity index is 1.76. The van der Waals surface area contributed by atoms with Gasteiger partial charge in [-0.1, -0.05) is 32.1 Å². The maximum Gasteiger partial charge on any atom is 0.150 e. The zero-order valence-electron chi connectivity index (χ0n) is 11.1. The molecule has 1 atom stereocenters. The number of nitrogens with one attached hydrogen (secondary N) is 1. The molecule has 18 heavy (non-hydrogen) atoms. The minimum Gasteiger partial charge on any atom is -0.313 e. The zero-order chi connectivity index (χ0) is 12.2. The van der Waals surface area contributed by atoms with Crippen LogP contribution in [0.4, 0.5) is 0 Å². The first-order valence-corrected chi connectivity index (χ1v) is 7.58. The second-order valence-corrected chi connectivity index (χ2v) is 5.74. The van der Waals surface area contributed by atoms with E-state index in [4.69, 9.17) is 0 Å². The summed E-state index contributed by atoms with van der Waals surface area (Å²) in [6.45, 7) is 1.13. The first kappa shape index (κ1) is 12.2. The SMILES string of the molecule is c1nnc(C2CCCCCN2)n1C1CCCCC1. The fourth-order valence-electron chi connectivity index (χ4n) is 3.39. The molecule has 100 valence electrons. The van der Waals surface area contributed by atoms with Crippen molar-refractivity contribution in [2.45, 2.75) is 69.9 Å². The van der Waals surface area contributed by atoms with Crippen LogP contribution >= 0.6 is 0 Å². The minimum absolute atomic E-state index is 0.428. The number of aromatic nitrogens is 3. The van der Waals surface area contributed by atoms with E-state index in [1.807, 2.05) is 6.33 Å². The van der Waals surface area contributed by atoms with E-state index in [0.29, 0.717) is 12.1 Å². The quantitative estimate of drug-likeness (QED) is 0.875. The van der Waals surface area contributed by atoms with Gasteiger partial charge in [0.25, 0.3) is 0 Å². The third-order valence-electron chi connectivity index (χ3n) is 4.44. The van der Waals surface area contributed by atoms with Crippen molar-refractivity contribution in [1.29, 1.82) is 0 Å². The van der Waals surface area contributed by atoms with E-state index >= 15 is 0 Å². The summed E-state index contributed by atoms with van der Waals surface area (Å²) in [5.41, 5.74) is 0. The normalized spacial score (nSPS) is 27.0. The second-order valence-electron chi connectivity index (χ2n) is 5.74. The Labute approximate surface area is 109 Å². The lowest BCUT2D eigenvalue weighted by atomic mass is 9.95. The number of hydrogen-bond acceptors (Lipinski definition) is 3. The average Bonchev–Trinajstić information content (AvgIpc) is 2.75. The van der Waals surface area contributed by atoms with E-state index in [9.17, 15) is 0 Å². The van der Waals surface area contributed by atoms with E-state index in [1.165, 1.54) is 63.6 Å². The molecule has 2 fully saturated rings. The lowest BCUT2D eigenvalue weighted by Gasteiger charge is -2.26. The molecule has 4 nitrogen and oxygen atoms in total. The Bertz CT molecular complexity index is 360. The van der Waals surface area contributed by atoms with Gasteiger partial charge in [-0.25, -0.2) is 0 Å². The van der Waals surface area contributed by atoms with Gasteiger partial charge >= 0.3 is 0 Å². The molecule has 3 rings (SSSR count). The van der Waals surface area contributed by atoms with Crippen molar-refractivity contribution in [3.05, 3.63) is 12.2 Å². The Morgan fingerprint density at radius 1 is 1.00 bits per heavy atom. The smallest absolute Gasteiger partial charge is 0.150 e. The van der Waals surface area contributed by atoms with Crippen molar-refractivity contribution in [2.75, 3.05) is 6.54 Å². The van der Waals surface area contributed by atoms with Crippen LogP contribution in [0.3, 0.4) is 0 Å². The summed E-state index contributed by atoms with van der Waals surface area (Å²) < 4.78 is 2.36. The average molecular weight is 248 g/mol. The first-order chi connectivity index (χ1) is 8.95. The van der Waals surface area contributed by atoms with Gasteiger partial charge in [0.1, 0.15) is 12.2 Å². The predicted molar refractivity (Wildman–Crippen MR) is 71.4 cm³/mol. The van der Waals surface area contributed by atoms with Gasteiger partial charge < -0.3 is 9.88 Å². The molecule has 1 N–H and O–H groups in total. The molecule has 1 aromatic heterocycles. The van der Waals surface area contributed by atoms with Crippen molar-refractivity contribution >= 4 is 0 Å². The van der Waals surface area contributed by atoms with Gasteiger partial charge in [-0.05, 0) is 32.2 Å². The van der Waals surface area contributed by atoms with Crippen LogP contribution in [-0.2, 0) is 0 Å². The molecule has 0 aromatic carbocycles. The summed E-state index contributed by atoms with van der Waals surface area (Å²) in [6.07, 6.45) is 13.9. The summed E-state index contributed by atoms with van der Waals surface area (Å²) in [6, 6.07) is 1.07. The molecule has 1 aromatic rings. The van der Waals surface area contributed by atoms with Crippen LogP contribution in [0.1, 0.15) is 75.7 Å². The van der Waals surface area contributed by atoms with Gasteiger partial charge in [0, 0.05) is 6.04 Å². The largest absolute Gasteiger partial charge is 0.313 e. The highest BCUT2D eigenvalue weighted by molar-refractivity contribution is 4.98. The highest BCUT2D eigenvalue weighted by Gasteiger charge is 2.24. The monoisotopic (exact) mass is 248 g/mol. The molecule has 0 spiro atoms. The Morgan fingerprint density at radius 3 is 2.67 bits per heavy atom. The highest BCUT2D eigenvalue weighted by Crippen LogP contribution is 2.31. The van der Waals surface area contributed by atoms with Crippen molar-refractivity contribution in [3.63, 3.8) is 0 Å². The van der Waals surface area contributed by atoms with Crippen LogP contribution < -0.4 is 5.32 Å². The van der Waals surface area contributed by atoms with Gasteiger partial charge in [-0.3, -0.25) is 0 Å². The van der Waals surface area contributed by atoms with Crippen molar-refractivity contribution < 1.29 is 0 Å². The lowest BCUT2D eigenvalue weighted by molar-refractivity contribution is 0.332. The van der Waals surface area contributed by atoms with Crippen LogP contribution in [0, 0.1) is 0 Å². The minimum atomic E-state index is 0.428. The van der Waals surface area contributed by atoms with E-state index in [2.05, 4.69) is 20.1 Å². The van der Waals surface area contributed by atoms with Gasteiger partial charge in [0.05, 0.1) is 6.04 Å². The molecular weight excluding hydrogens is 224 g/mol. The third kappa shape index (κ3) is 2.58. The highest BCUT2D eigenvalue weighted by atomic mass is 15.3. The maximum absolute atomic E-state index is 4.41. The molecule has 1 saturated carbocycles. The van der Waals surface area contributed by atoms with Crippen LogP contribution in [0.2, 0.25) is 0 Å². The first-order valence-electron chi connectivity index (χ1n) is 7.58. The topological polar surface area (TPSA) is 42.7 Å². The Hall–Kier alpha value is -0.900. The molecular formula is C14H24N4. The van der Waals surface area contributed by atoms with Crippen molar-refractivity contribution in [3.8, 4) is 0 Å². The van der Waals surface area contributed by atoms with Gasteiger partial charge in [0.2, 0.25) is 0 Å². The summed E-state index contributed by atoms with van der Waals surface area (Å²) >= 11 is 0. The Morgan fingerprint density at radius 2 is 1.78 bits per heavy atom. The van der Waals surface area contributed by atoms with Crippen molar-refractivity contribution in [2.24, 2.45) is 0 Å². The second kappa shape index (κ2) is 5.83. The fraction of sp³-hybridized carbons (Fsp3) is 0.857. The summed E-state index contributed by atoms with van der Waals surface area (Å²) in [4.78, 5) is 0. The fourth-order valence-corrected chi connectivity index (χ4v) is 3.39. The number of hydrogen-bond donors (Lipinski definition) is 1. The molecule has 1 aliphatic carbocycles. The van der Waals surface area contributed by atoms with Crippen LogP contribution in [0.25, 0.3) is 0 Å². The van der Waals surface area contributed by atoms with Gasteiger partial charge in [-0.15, -0.1) is 10.2 Å². The standard InChI is InChI=1S/C14H24N4/c1-3-7-12(8-4-1)18-11-16-17-14(18)13-9-5-2-6-10-15-13/h11-13,15H,1-10H2. The summed E-state index contributed by atoms with van der Waals surface area (Å²) in [5, 5.41) is 12.2. The molecule has 2 heterocycles. The van der Waals surface area contributed by atoms with E-state index in [-0.39, 0.29) is 0 Å². The lowest BCUT2D eigenvalue weighted by Crippen LogP contribution is -2.25. The van der Waals surface area contributed by atoms with Crippen LogP contribution in [0.15, 0.2) is 6.33 Å². The molecule has 2 aliphatic rings. The van der Waals surface area contributed by atoms with E-state index in [0.717, 1.165) is 6.54 Å². The number of nitrogens with zero attached hydrogens (tertiary/aromatic N) is 3. The molecule has 0 bridgehead atoms. The van der Waals surface area contributed by atoms with Gasteiger partial charge in [0.15, 0.2) is 0 Å². The summed E-state index contributed by atoms with van der Waals surface area (Å²) in [5.74, 6) is 1.18.